The fraction of sp³-hybridized carbons (Fsp3) is 0.316. The van der Waals surface area contributed by atoms with Crippen LogP contribution in [0.4, 0.5) is 0 Å². The summed E-state index contributed by atoms with van der Waals surface area (Å²) >= 11 is 0. The van der Waals surface area contributed by atoms with Gasteiger partial charge in [0.05, 0.1) is 11.0 Å². The molecule has 0 unspecified atom stereocenters. The molecule has 0 atom stereocenters. The van der Waals surface area contributed by atoms with Crippen LogP contribution in [0.5, 0.6) is 0 Å². The van der Waals surface area contributed by atoms with E-state index in [1.54, 1.807) is 0 Å². The van der Waals surface area contributed by atoms with Crippen molar-refractivity contribution in [3.05, 3.63) is 65.5 Å². The first-order valence-electron chi connectivity index (χ1n) is 7.46. The van der Waals surface area contributed by atoms with E-state index >= 15 is 0 Å². The molecule has 2 aromatic carbocycles. The van der Waals surface area contributed by atoms with E-state index in [4.69, 9.17) is 0 Å². The van der Waals surface area contributed by atoms with Gasteiger partial charge in [-0.05, 0) is 35.6 Å². The van der Waals surface area contributed by atoms with E-state index in [1.165, 1.54) is 16.6 Å². The Hall–Kier alpha value is -2.09. The van der Waals surface area contributed by atoms with E-state index in [1.807, 2.05) is 6.07 Å². The second kappa shape index (κ2) is 5.03. The van der Waals surface area contributed by atoms with E-state index < -0.39 is 0 Å². The van der Waals surface area contributed by atoms with Crippen molar-refractivity contribution in [1.82, 2.24) is 9.55 Å². The van der Waals surface area contributed by atoms with Crippen LogP contribution in [0.25, 0.3) is 11.0 Å². The lowest BCUT2D eigenvalue weighted by Gasteiger charge is -2.19. The second-order valence-corrected chi connectivity index (χ2v) is 6.68. The monoisotopic (exact) mass is 278 g/mol. The Kier molecular flexibility index (Phi) is 3.32. The fourth-order valence-corrected chi connectivity index (χ4v) is 2.69. The quantitative estimate of drug-likeness (QED) is 0.665. The molecule has 1 heterocycles. The maximum atomic E-state index is 4.63. The smallest absolute Gasteiger partial charge is 0.107 e. The molecule has 0 N–H and O–H groups in total. The summed E-state index contributed by atoms with van der Waals surface area (Å²) in [7, 11) is 0. The highest BCUT2D eigenvalue weighted by Gasteiger charge is 2.13. The lowest BCUT2D eigenvalue weighted by molar-refractivity contribution is 0.589. The van der Waals surface area contributed by atoms with Crippen LogP contribution in [0.15, 0.2) is 48.5 Å². The lowest BCUT2D eigenvalue weighted by Crippen LogP contribution is -2.11. The highest BCUT2D eigenvalue weighted by atomic mass is 15.1. The van der Waals surface area contributed by atoms with Gasteiger partial charge in [-0.3, -0.25) is 0 Å². The Morgan fingerprint density at radius 2 is 1.62 bits per heavy atom. The zero-order valence-corrected chi connectivity index (χ0v) is 13.2. The number of rotatable bonds is 2. The predicted octanol–water partition coefficient (Wildman–Crippen LogP) is 4.69. The van der Waals surface area contributed by atoms with Crippen LogP contribution >= 0.6 is 0 Å². The summed E-state index contributed by atoms with van der Waals surface area (Å²) < 4.78 is 2.28. The van der Waals surface area contributed by atoms with Gasteiger partial charge in [-0.1, -0.05) is 57.2 Å². The molecule has 0 aliphatic rings. The Labute approximate surface area is 126 Å². The molecule has 0 saturated carbocycles. The van der Waals surface area contributed by atoms with Crippen molar-refractivity contribution in [2.75, 3.05) is 0 Å². The molecule has 0 amide bonds. The van der Waals surface area contributed by atoms with Crippen LogP contribution in [0.3, 0.4) is 0 Å². The number of imidazole rings is 1. The summed E-state index contributed by atoms with van der Waals surface area (Å²) in [5, 5.41) is 0. The summed E-state index contributed by atoms with van der Waals surface area (Å²) in [6.07, 6.45) is 0. The predicted molar refractivity (Wildman–Crippen MR) is 88.7 cm³/mol. The Morgan fingerprint density at radius 3 is 2.29 bits per heavy atom. The third kappa shape index (κ3) is 2.71. The maximum absolute atomic E-state index is 4.63. The van der Waals surface area contributed by atoms with Crippen LogP contribution in [0, 0.1) is 6.92 Å². The average Bonchev–Trinajstić information content (AvgIpc) is 2.75. The zero-order valence-electron chi connectivity index (χ0n) is 13.2. The molecule has 3 rings (SSSR count). The number of hydrogen-bond donors (Lipinski definition) is 0. The standard InChI is InChI=1S/C19H22N2/c1-14-20-17-7-5-6-8-18(17)21(14)13-15-9-11-16(12-10-15)19(2,3)4/h5-12H,13H2,1-4H3. The molecule has 0 aliphatic heterocycles. The van der Waals surface area contributed by atoms with Crippen LogP contribution in [-0.4, -0.2) is 9.55 Å². The summed E-state index contributed by atoms with van der Waals surface area (Å²) in [4.78, 5) is 4.63. The van der Waals surface area contributed by atoms with Gasteiger partial charge in [0, 0.05) is 6.54 Å². The highest BCUT2D eigenvalue weighted by molar-refractivity contribution is 5.75. The van der Waals surface area contributed by atoms with Crippen LogP contribution in [0.1, 0.15) is 37.7 Å². The van der Waals surface area contributed by atoms with Crippen molar-refractivity contribution in [3.63, 3.8) is 0 Å². The van der Waals surface area contributed by atoms with Gasteiger partial charge in [0.1, 0.15) is 5.82 Å². The number of fused-ring (bicyclic) bond motifs is 1. The normalized spacial score (nSPS) is 12.0. The van der Waals surface area contributed by atoms with E-state index in [9.17, 15) is 0 Å². The van der Waals surface area contributed by atoms with Crippen molar-refractivity contribution in [3.8, 4) is 0 Å². The maximum Gasteiger partial charge on any atom is 0.107 e. The number of benzene rings is 2. The molecule has 0 radical (unpaired) electrons. The van der Waals surface area contributed by atoms with Gasteiger partial charge in [0.2, 0.25) is 0 Å². The molecule has 21 heavy (non-hydrogen) atoms. The van der Waals surface area contributed by atoms with Crippen LogP contribution < -0.4 is 0 Å². The minimum Gasteiger partial charge on any atom is -0.324 e. The summed E-state index contributed by atoms with van der Waals surface area (Å²) in [5.74, 6) is 1.07. The number of para-hydroxylation sites is 2. The molecular formula is C19H22N2. The molecular weight excluding hydrogens is 256 g/mol. The molecule has 3 aromatic rings. The van der Waals surface area contributed by atoms with Crippen LogP contribution in [0.2, 0.25) is 0 Å². The summed E-state index contributed by atoms with van der Waals surface area (Å²) in [6, 6.07) is 17.3. The first-order valence-corrected chi connectivity index (χ1v) is 7.46. The molecule has 2 nitrogen and oxygen atoms in total. The van der Waals surface area contributed by atoms with Gasteiger partial charge in [-0.2, -0.15) is 0 Å². The average molecular weight is 278 g/mol. The van der Waals surface area contributed by atoms with E-state index in [0.717, 1.165) is 17.9 Å². The molecule has 0 saturated heterocycles. The summed E-state index contributed by atoms with van der Waals surface area (Å²) in [6.45, 7) is 9.68. The SMILES string of the molecule is Cc1nc2ccccc2n1Cc1ccc(C(C)(C)C)cc1. The number of aromatic nitrogens is 2. The third-order valence-corrected chi connectivity index (χ3v) is 4.01. The van der Waals surface area contributed by atoms with E-state index in [2.05, 4.69) is 79.7 Å². The fourth-order valence-electron chi connectivity index (χ4n) is 2.69. The minimum atomic E-state index is 0.205. The Morgan fingerprint density at radius 1 is 0.952 bits per heavy atom. The first kappa shape index (κ1) is 13.9. The number of aryl methyl sites for hydroxylation is 1. The van der Waals surface area contributed by atoms with Gasteiger partial charge in [0.15, 0.2) is 0 Å². The molecule has 0 bridgehead atoms. The van der Waals surface area contributed by atoms with Gasteiger partial charge in [-0.15, -0.1) is 0 Å². The molecule has 0 aliphatic carbocycles. The number of hydrogen-bond acceptors (Lipinski definition) is 1. The second-order valence-electron chi connectivity index (χ2n) is 6.68. The van der Waals surface area contributed by atoms with Gasteiger partial charge < -0.3 is 4.57 Å². The van der Waals surface area contributed by atoms with Crippen molar-refractivity contribution in [2.24, 2.45) is 0 Å². The van der Waals surface area contributed by atoms with Crippen molar-refractivity contribution in [2.45, 2.75) is 39.7 Å². The van der Waals surface area contributed by atoms with Gasteiger partial charge >= 0.3 is 0 Å². The number of nitrogens with zero attached hydrogens (tertiary/aromatic N) is 2. The van der Waals surface area contributed by atoms with Crippen molar-refractivity contribution < 1.29 is 0 Å². The first-order chi connectivity index (χ1) is 9.95. The van der Waals surface area contributed by atoms with E-state index in [-0.39, 0.29) is 5.41 Å². The van der Waals surface area contributed by atoms with Crippen LogP contribution in [-0.2, 0) is 12.0 Å². The molecule has 0 spiro atoms. The molecule has 108 valence electrons. The minimum absolute atomic E-state index is 0.205. The third-order valence-electron chi connectivity index (χ3n) is 4.01. The lowest BCUT2D eigenvalue weighted by atomic mass is 9.87. The van der Waals surface area contributed by atoms with Gasteiger partial charge in [-0.25, -0.2) is 4.98 Å². The van der Waals surface area contributed by atoms with Crippen molar-refractivity contribution in [1.29, 1.82) is 0 Å². The topological polar surface area (TPSA) is 17.8 Å². The molecule has 0 fully saturated rings. The van der Waals surface area contributed by atoms with Crippen molar-refractivity contribution >= 4 is 11.0 Å². The van der Waals surface area contributed by atoms with E-state index in [0.29, 0.717) is 0 Å². The Balaban J connectivity index is 1.94. The van der Waals surface area contributed by atoms with Gasteiger partial charge in [0.25, 0.3) is 0 Å². The summed E-state index contributed by atoms with van der Waals surface area (Å²) in [5.41, 5.74) is 5.17. The highest BCUT2D eigenvalue weighted by Crippen LogP contribution is 2.23. The molecule has 1 aromatic heterocycles. The Bertz CT molecular complexity index is 758. The molecule has 2 heteroatoms. The largest absolute Gasteiger partial charge is 0.324 e. The zero-order chi connectivity index (χ0) is 15.0.